The number of rotatable bonds is 3. The number of non-ortho nitro benzene ring substituents is 1. The van der Waals surface area contributed by atoms with Crippen LogP contribution in [0.15, 0.2) is 30.3 Å². The summed E-state index contributed by atoms with van der Waals surface area (Å²) in [5.41, 5.74) is 2.62. The minimum absolute atomic E-state index is 0.00965. The van der Waals surface area contributed by atoms with Crippen molar-refractivity contribution in [3.63, 3.8) is 0 Å². The number of nitrogens with two attached hydrogens (primary N) is 1. The number of carbonyl (C=O) groups excluding carboxylic acids is 1. The van der Waals surface area contributed by atoms with Gasteiger partial charge in [-0.15, -0.1) is 0 Å². The van der Waals surface area contributed by atoms with Crippen LogP contribution in [0.2, 0.25) is 0 Å². The summed E-state index contributed by atoms with van der Waals surface area (Å²) < 4.78 is 5.01. The van der Waals surface area contributed by atoms with E-state index in [4.69, 9.17) is 10.6 Å². The molecule has 0 aliphatic carbocycles. The molecule has 0 aromatic heterocycles. The first-order chi connectivity index (χ1) is 10.1. The van der Waals surface area contributed by atoms with Gasteiger partial charge >= 0.3 is 0 Å². The monoisotopic (exact) mass is 294 g/mol. The van der Waals surface area contributed by atoms with Gasteiger partial charge < -0.3 is 10.1 Å². The summed E-state index contributed by atoms with van der Waals surface area (Å²) >= 11 is 0. The minimum Gasteiger partial charge on any atom is -0.379 e. The Morgan fingerprint density at radius 3 is 2.33 bits per heavy atom. The predicted octanol–water partition coefficient (Wildman–Crippen LogP) is 0.204. The van der Waals surface area contributed by atoms with Gasteiger partial charge in [0.15, 0.2) is 0 Å². The first kappa shape index (κ1) is 16.8. The lowest BCUT2D eigenvalue weighted by molar-refractivity contribution is -0.384. The maximum atomic E-state index is 10.7. The van der Waals surface area contributed by atoms with Gasteiger partial charge in [0.25, 0.3) is 11.6 Å². The smallest absolute Gasteiger partial charge is 0.269 e. The van der Waals surface area contributed by atoms with Crippen LogP contribution in [0, 0.1) is 10.1 Å². The first-order valence-corrected chi connectivity index (χ1v) is 6.35. The number of amides is 1. The van der Waals surface area contributed by atoms with Crippen molar-refractivity contribution in [1.29, 1.82) is 0 Å². The molecule has 1 amide bonds. The molecule has 0 bridgehead atoms. The minimum atomic E-state index is -0.486. The van der Waals surface area contributed by atoms with E-state index < -0.39 is 10.8 Å². The number of hydrazine groups is 1. The van der Waals surface area contributed by atoms with Crippen molar-refractivity contribution < 1.29 is 14.5 Å². The van der Waals surface area contributed by atoms with Gasteiger partial charge in [0, 0.05) is 31.3 Å². The molecule has 8 heteroatoms. The standard InChI is InChI=1S/C9H9N3O3.C4H9NO/c10-11-9(13)6-3-7-1-4-8(5-2-7)12(14)15;1-3-6-4-2-5-1/h1-6H,10H2,(H,11,13);5H,1-4H2. The zero-order chi connectivity index (χ0) is 15.5. The second-order valence-electron chi connectivity index (χ2n) is 4.05. The lowest BCUT2D eigenvalue weighted by atomic mass is 10.2. The van der Waals surface area contributed by atoms with Gasteiger partial charge in [0.2, 0.25) is 0 Å². The van der Waals surface area contributed by atoms with Crippen LogP contribution in [0.5, 0.6) is 0 Å². The number of benzene rings is 1. The summed E-state index contributed by atoms with van der Waals surface area (Å²) in [7, 11) is 0. The Balaban J connectivity index is 0.000000304. The number of hydrogen-bond acceptors (Lipinski definition) is 6. The summed E-state index contributed by atoms with van der Waals surface area (Å²) in [6, 6.07) is 5.80. The lowest BCUT2D eigenvalue weighted by Gasteiger charge is -2.10. The molecule has 1 aliphatic rings. The van der Waals surface area contributed by atoms with Crippen LogP contribution in [0.4, 0.5) is 5.69 Å². The fourth-order valence-electron chi connectivity index (χ4n) is 1.44. The normalized spacial score (nSPS) is 14.1. The summed E-state index contributed by atoms with van der Waals surface area (Å²) in [6.07, 6.45) is 2.74. The largest absolute Gasteiger partial charge is 0.379 e. The van der Waals surface area contributed by atoms with Gasteiger partial charge in [-0.1, -0.05) is 0 Å². The van der Waals surface area contributed by atoms with Gasteiger partial charge in [-0.3, -0.25) is 20.3 Å². The number of hydrogen-bond donors (Lipinski definition) is 3. The number of morpholine rings is 1. The third-order valence-corrected chi connectivity index (χ3v) is 2.52. The highest BCUT2D eigenvalue weighted by Gasteiger charge is 2.02. The van der Waals surface area contributed by atoms with Crippen molar-refractivity contribution in [2.45, 2.75) is 0 Å². The fraction of sp³-hybridized carbons (Fsp3) is 0.308. The van der Waals surface area contributed by atoms with Crippen LogP contribution < -0.4 is 16.6 Å². The molecule has 2 rings (SSSR count). The number of nitro groups is 1. The quantitative estimate of drug-likeness (QED) is 0.241. The Labute approximate surface area is 122 Å². The van der Waals surface area contributed by atoms with Crippen molar-refractivity contribution in [3.05, 3.63) is 46.0 Å². The van der Waals surface area contributed by atoms with Crippen molar-refractivity contribution in [2.24, 2.45) is 5.84 Å². The van der Waals surface area contributed by atoms with E-state index in [2.05, 4.69) is 5.32 Å². The molecule has 21 heavy (non-hydrogen) atoms. The Bertz CT molecular complexity index is 472. The van der Waals surface area contributed by atoms with E-state index >= 15 is 0 Å². The number of nitrogens with zero attached hydrogens (tertiary/aromatic N) is 1. The third kappa shape index (κ3) is 7.16. The average molecular weight is 294 g/mol. The maximum absolute atomic E-state index is 10.7. The van der Waals surface area contributed by atoms with Crippen molar-refractivity contribution >= 4 is 17.7 Å². The molecule has 0 radical (unpaired) electrons. The Kier molecular flexibility index (Phi) is 7.65. The number of nitrogens with one attached hydrogen (secondary N) is 2. The molecule has 0 spiro atoms. The second-order valence-corrected chi connectivity index (χ2v) is 4.05. The first-order valence-electron chi connectivity index (χ1n) is 6.35. The van der Waals surface area contributed by atoms with Gasteiger partial charge in [0.05, 0.1) is 18.1 Å². The van der Waals surface area contributed by atoms with E-state index in [0.29, 0.717) is 5.56 Å². The molecule has 114 valence electrons. The SMILES string of the molecule is C1COCCN1.NNC(=O)C=Cc1ccc([N+](=O)[O-])cc1. The topological polar surface area (TPSA) is 120 Å². The summed E-state index contributed by atoms with van der Waals surface area (Å²) in [4.78, 5) is 20.6. The van der Waals surface area contributed by atoms with Crippen molar-refractivity contribution in [2.75, 3.05) is 26.3 Å². The molecule has 1 saturated heterocycles. The zero-order valence-electron chi connectivity index (χ0n) is 11.5. The molecular weight excluding hydrogens is 276 g/mol. The average Bonchev–Trinajstić information content (AvgIpc) is 2.55. The molecule has 1 aromatic carbocycles. The van der Waals surface area contributed by atoms with Crippen LogP contribution >= 0.6 is 0 Å². The highest BCUT2D eigenvalue weighted by Crippen LogP contribution is 2.12. The molecule has 0 saturated carbocycles. The predicted molar refractivity (Wildman–Crippen MR) is 78.1 cm³/mol. The van der Waals surface area contributed by atoms with Crippen LogP contribution in [0.1, 0.15) is 5.56 Å². The second kappa shape index (κ2) is 9.59. The van der Waals surface area contributed by atoms with E-state index in [-0.39, 0.29) is 5.69 Å². The van der Waals surface area contributed by atoms with Crippen LogP contribution in [0.3, 0.4) is 0 Å². The summed E-state index contributed by atoms with van der Waals surface area (Å²) in [6.45, 7) is 3.83. The fourth-order valence-corrected chi connectivity index (χ4v) is 1.44. The van der Waals surface area contributed by atoms with E-state index in [0.717, 1.165) is 26.3 Å². The maximum Gasteiger partial charge on any atom is 0.269 e. The zero-order valence-corrected chi connectivity index (χ0v) is 11.5. The van der Waals surface area contributed by atoms with E-state index in [1.807, 2.05) is 5.43 Å². The van der Waals surface area contributed by atoms with Gasteiger partial charge in [0.1, 0.15) is 0 Å². The van der Waals surface area contributed by atoms with Crippen LogP contribution in [-0.2, 0) is 9.53 Å². The van der Waals surface area contributed by atoms with Crippen LogP contribution in [0.25, 0.3) is 6.08 Å². The highest BCUT2D eigenvalue weighted by molar-refractivity contribution is 5.91. The molecule has 1 fully saturated rings. The molecule has 1 aliphatic heterocycles. The molecule has 1 aromatic rings. The number of nitro benzene ring substituents is 1. The lowest BCUT2D eigenvalue weighted by Crippen LogP contribution is -2.30. The van der Waals surface area contributed by atoms with E-state index in [9.17, 15) is 14.9 Å². The molecular formula is C13H18N4O4. The van der Waals surface area contributed by atoms with Crippen molar-refractivity contribution in [1.82, 2.24) is 10.7 Å². The summed E-state index contributed by atoms with van der Waals surface area (Å²) in [5, 5.41) is 13.5. The van der Waals surface area contributed by atoms with Gasteiger partial charge in [-0.05, 0) is 23.8 Å². The molecule has 8 nitrogen and oxygen atoms in total. The van der Waals surface area contributed by atoms with Gasteiger partial charge in [-0.2, -0.15) is 0 Å². The van der Waals surface area contributed by atoms with Crippen LogP contribution in [-0.4, -0.2) is 37.1 Å². The van der Waals surface area contributed by atoms with Crippen molar-refractivity contribution in [3.8, 4) is 0 Å². The molecule has 4 N–H and O–H groups in total. The number of ether oxygens (including phenoxy) is 1. The Morgan fingerprint density at radius 2 is 1.95 bits per heavy atom. The highest BCUT2D eigenvalue weighted by atomic mass is 16.6. The Hall–Kier alpha value is -2.29. The summed E-state index contributed by atoms with van der Waals surface area (Å²) in [5.74, 6) is 4.42. The van der Waals surface area contributed by atoms with E-state index in [1.165, 1.54) is 24.3 Å². The Morgan fingerprint density at radius 1 is 1.33 bits per heavy atom. The molecule has 0 unspecified atom stereocenters. The molecule has 1 heterocycles. The third-order valence-electron chi connectivity index (χ3n) is 2.52. The number of carbonyl (C=O) groups is 1. The van der Waals surface area contributed by atoms with E-state index in [1.54, 1.807) is 12.1 Å². The van der Waals surface area contributed by atoms with Gasteiger partial charge in [-0.25, -0.2) is 5.84 Å². The molecule has 0 atom stereocenters.